The van der Waals surface area contributed by atoms with Gasteiger partial charge in [-0.15, -0.1) is 0 Å². The molecule has 0 atom stereocenters. The van der Waals surface area contributed by atoms with E-state index in [0.717, 1.165) is 18.4 Å². The molecule has 0 saturated heterocycles. The normalized spacial score (nSPS) is 9.94. The fourth-order valence-corrected chi connectivity index (χ4v) is 1.40. The molecule has 0 spiro atoms. The molecular weight excluding hydrogens is 207 g/mol. The molecule has 0 aromatic heterocycles. The first-order chi connectivity index (χ1) is 7.63. The van der Waals surface area contributed by atoms with Gasteiger partial charge in [-0.1, -0.05) is 24.3 Å². The van der Waals surface area contributed by atoms with Crippen molar-refractivity contribution in [1.29, 1.82) is 0 Å². The molecule has 0 aliphatic rings. The summed E-state index contributed by atoms with van der Waals surface area (Å²) in [6.07, 6.45) is 1.91. The van der Waals surface area contributed by atoms with E-state index in [1.807, 2.05) is 12.1 Å². The minimum absolute atomic E-state index is 0.206. The maximum atomic E-state index is 10.9. The van der Waals surface area contributed by atoms with Crippen molar-refractivity contribution in [2.45, 2.75) is 19.3 Å². The summed E-state index contributed by atoms with van der Waals surface area (Å²) >= 11 is 0. The van der Waals surface area contributed by atoms with Gasteiger partial charge in [-0.25, -0.2) is 0 Å². The van der Waals surface area contributed by atoms with E-state index in [9.17, 15) is 4.79 Å². The fourth-order valence-electron chi connectivity index (χ4n) is 1.40. The lowest BCUT2D eigenvalue weighted by molar-refractivity contribution is -0.140. The van der Waals surface area contributed by atoms with Gasteiger partial charge in [0.15, 0.2) is 0 Å². The van der Waals surface area contributed by atoms with E-state index in [4.69, 9.17) is 10.0 Å². The van der Waals surface area contributed by atoms with Crippen molar-refractivity contribution in [1.82, 2.24) is 0 Å². The Bertz CT molecular complexity index is 334. The van der Waals surface area contributed by atoms with Crippen LogP contribution in [0.25, 0.3) is 0 Å². The SMILES string of the molecule is COC(=O)CCCc1ccc(B(O)O)cc1. The van der Waals surface area contributed by atoms with Crippen LogP contribution < -0.4 is 5.46 Å². The van der Waals surface area contributed by atoms with Crippen molar-refractivity contribution >= 4 is 18.6 Å². The highest BCUT2D eigenvalue weighted by atomic mass is 16.5. The van der Waals surface area contributed by atoms with Gasteiger partial charge in [0.25, 0.3) is 0 Å². The highest BCUT2D eigenvalue weighted by molar-refractivity contribution is 6.58. The molecule has 0 heterocycles. The second-order valence-corrected chi connectivity index (χ2v) is 3.54. The zero-order valence-corrected chi connectivity index (χ0v) is 9.22. The first kappa shape index (κ1) is 12.7. The van der Waals surface area contributed by atoms with Crippen LogP contribution in [0.4, 0.5) is 0 Å². The first-order valence-electron chi connectivity index (χ1n) is 5.15. The Morgan fingerprint density at radius 2 is 1.94 bits per heavy atom. The maximum absolute atomic E-state index is 10.9. The van der Waals surface area contributed by atoms with Crippen molar-refractivity contribution in [3.8, 4) is 0 Å². The molecule has 1 aromatic carbocycles. The molecule has 0 fully saturated rings. The molecule has 4 nitrogen and oxygen atoms in total. The number of benzene rings is 1. The minimum Gasteiger partial charge on any atom is -0.469 e. The third kappa shape index (κ3) is 4.04. The largest absolute Gasteiger partial charge is 0.488 e. The molecule has 2 N–H and O–H groups in total. The molecule has 0 amide bonds. The quantitative estimate of drug-likeness (QED) is 0.537. The molecule has 0 aliphatic carbocycles. The average Bonchev–Trinajstić information content (AvgIpc) is 2.29. The van der Waals surface area contributed by atoms with Crippen LogP contribution in [0.1, 0.15) is 18.4 Å². The number of methoxy groups -OCH3 is 1. The molecule has 0 radical (unpaired) electrons. The number of carbonyl (C=O) groups excluding carboxylic acids is 1. The van der Waals surface area contributed by atoms with Gasteiger partial charge in [-0.2, -0.15) is 0 Å². The number of hydrogen-bond acceptors (Lipinski definition) is 4. The molecule has 0 aliphatic heterocycles. The summed E-state index contributed by atoms with van der Waals surface area (Å²) in [6, 6.07) is 6.98. The van der Waals surface area contributed by atoms with Crippen LogP contribution in [-0.4, -0.2) is 30.2 Å². The lowest BCUT2D eigenvalue weighted by Gasteiger charge is -2.03. The Morgan fingerprint density at radius 1 is 1.31 bits per heavy atom. The number of carbonyl (C=O) groups is 1. The first-order valence-corrected chi connectivity index (χ1v) is 5.15. The monoisotopic (exact) mass is 222 g/mol. The number of hydrogen-bond donors (Lipinski definition) is 2. The molecule has 16 heavy (non-hydrogen) atoms. The zero-order chi connectivity index (χ0) is 12.0. The Balaban J connectivity index is 2.40. The molecule has 0 bridgehead atoms. The highest BCUT2D eigenvalue weighted by Gasteiger charge is 2.09. The van der Waals surface area contributed by atoms with Crippen LogP contribution in [-0.2, 0) is 16.0 Å². The van der Waals surface area contributed by atoms with Crippen LogP contribution in [0.15, 0.2) is 24.3 Å². The van der Waals surface area contributed by atoms with Crippen molar-refractivity contribution in [3.63, 3.8) is 0 Å². The number of ether oxygens (including phenoxy) is 1. The summed E-state index contributed by atoms with van der Waals surface area (Å²) in [5.41, 5.74) is 1.53. The van der Waals surface area contributed by atoms with Crippen LogP contribution in [0, 0.1) is 0 Å². The molecule has 1 rings (SSSR count). The van der Waals surface area contributed by atoms with Gasteiger partial charge >= 0.3 is 13.1 Å². The third-order valence-electron chi connectivity index (χ3n) is 2.35. The zero-order valence-electron chi connectivity index (χ0n) is 9.22. The Hall–Kier alpha value is -1.33. The minimum atomic E-state index is -1.43. The number of esters is 1. The number of aryl methyl sites for hydroxylation is 1. The fraction of sp³-hybridized carbons (Fsp3) is 0.364. The van der Waals surface area contributed by atoms with Crippen molar-refractivity contribution in [3.05, 3.63) is 29.8 Å². The molecule has 5 heteroatoms. The van der Waals surface area contributed by atoms with Gasteiger partial charge in [0.1, 0.15) is 0 Å². The van der Waals surface area contributed by atoms with Crippen LogP contribution in [0.3, 0.4) is 0 Å². The summed E-state index contributed by atoms with van der Waals surface area (Å²) in [5, 5.41) is 17.8. The molecular formula is C11H15BO4. The summed E-state index contributed by atoms with van der Waals surface area (Å²) in [4.78, 5) is 10.9. The summed E-state index contributed by atoms with van der Waals surface area (Å²) in [7, 11) is -0.0520. The maximum Gasteiger partial charge on any atom is 0.488 e. The van der Waals surface area contributed by atoms with E-state index in [-0.39, 0.29) is 5.97 Å². The topological polar surface area (TPSA) is 66.8 Å². The standard InChI is InChI=1S/C11H15BO4/c1-16-11(13)4-2-3-9-5-7-10(8-6-9)12(14)15/h5-8,14-15H,2-4H2,1H3. The van der Waals surface area contributed by atoms with Crippen LogP contribution >= 0.6 is 0 Å². The van der Waals surface area contributed by atoms with Gasteiger partial charge in [-0.05, 0) is 23.9 Å². The predicted octanol–water partition coefficient (Wildman–Crippen LogP) is -0.138. The van der Waals surface area contributed by atoms with E-state index in [0.29, 0.717) is 11.9 Å². The van der Waals surface area contributed by atoms with E-state index >= 15 is 0 Å². The van der Waals surface area contributed by atoms with Gasteiger partial charge in [-0.3, -0.25) is 4.79 Å². The van der Waals surface area contributed by atoms with E-state index in [2.05, 4.69) is 4.74 Å². The Morgan fingerprint density at radius 3 is 2.44 bits per heavy atom. The Kier molecular flexibility index (Phi) is 5.02. The second kappa shape index (κ2) is 6.30. The average molecular weight is 222 g/mol. The Labute approximate surface area is 95.0 Å². The lowest BCUT2D eigenvalue weighted by Crippen LogP contribution is -2.29. The van der Waals surface area contributed by atoms with Crippen molar-refractivity contribution < 1.29 is 19.6 Å². The highest BCUT2D eigenvalue weighted by Crippen LogP contribution is 2.04. The molecule has 1 aromatic rings. The van der Waals surface area contributed by atoms with E-state index in [1.165, 1.54) is 7.11 Å². The van der Waals surface area contributed by atoms with Crippen LogP contribution in [0.2, 0.25) is 0 Å². The smallest absolute Gasteiger partial charge is 0.469 e. The predicted molar refractivity (Wildman–Crippen MR) is 61.2 cm³/mol. The summed E-state index contributed by atoms with van der Waals surface area (Å²) in [6.45, 7) is 0. The second-order valence-electron chi connectivity index (χ2n) is 3.54. The van der Waals surface area contributed by atoms with Crippen LogP contribution in [0.5, 0.6) is 0 Å². The molecule has 0 saturated carbocycles. The van der Waals surface area contributed by atoms with Gasteiger partial charge < -0.3 is 14.8 Å². The van der Waals surface area contributed by atoms with E-state index < -0.39 is 7.12 Å². The van der Waals surface area contributed by atoms with Gasteiger partial charge in [0.2, 0.25) is 0 Å². The van der Waals surface area contributed by atoms with Gasteiger partial charge in [0.05, 0.1) is 7.11 Å². The van der Waals surface area contributed by atoms with E-state index in [1.54, 1.807) is 12.1 Å². The molecule has 0 unspecified atom stereocenters. The lowest BCUT2D eigenvalue weighted by atomic mass is 9.80. The van der Waals surface area contributed by atoms with Gasteiger partial charge in [0, 0.05) is 6.42 Å². The molecule has 86 valence electrons. The van der Waals surface area contributed by atoms with Crippen molar-refractivity contribution in [2.24, 2.45) is 0 Å². The van der Waals surface area contributed by atoms with Crippen molar-refractivity contribution in [2.75, 3.05) is 7.11 Å². The summed E-state index contributed by atoms with van der Waals surface area (Å²) in [5.74, 6) is -0.206. The number of rotatable bonds is 5. The third-order valence-corrected chi connectivity index (χ3v) is 2.35. The summed E-state index contributed by atoms with van der Waals surface area (Å²) < 4.78 is 4.53.